The summed E-state index contributed by atoms with van der Waals surface area (Å²) in [4.78, 5) is 5.23. The number of imidazole rings is 1. The van der Waals surface area contributed by atoms with Gasteiger partial charge in [-0.2, -0.15) is 0 Å². The Bertz CT molecular complexity index is 2060. The maximum Gasteiger partial charge on any atom is 0.146 e. The first-order valence-corrected chi connectivity index (χ1v) is 12.3. The van der Waals surface area contributed by atoms with Gasteiger partial charge in [-0.3, -0.25) is 4.40 Å². The molecule has 0 fully saturated rings. The first kappa shape index (κ1) is 18.0. The Labute approximate surface area is 202 Å². The normalized spacial score (nSPS) is 13.5. The summed E-state index contributed by atoms with van der Waals surface area (Å²) in [5, 5.41) is 4.02. The molecule has 0 saturated heterocycles. The van der Waals surface area contributed by atoms with E-state index in [0.717, 1.165) is 24.0 Å². The van der Waals surface area contributed by atoms with Crippen LogP contribution in [0.5, 0.6) is 0 Å². The Morgan fingerprint density at radius 2 is 1.14 bits per heavy atom. The second-order valence-electron chi connectivity index (χ2n) is 9.93. The molecule has 0 atom stereocenters. The Kier molecular flexibility index (Phi) is 3.16. The molecule has 0 radical (unpaired) electrons. The number of aromatic nitrogens is 2. The van der Waals surface area contributed by atoms with E-state index in [1.807, 2.05) is 0 Å². The highest BCUT2D eigenvalue weighted by Gasteiger charge is 2.27. The van der Waals surface area contributed by atoms with Crippen molar-refractivity contribution in [1.29, 1.82) is 0 Å². The van der Waals surface area contributed by atoms with Crippen LogP contribution in [-0.4, -0.2) is 9.38 Å². The Morgan fingerprint density at radius 1 is 0.514 bits per heavy atom. The lowest BCUT2D eigenvalue weighted by atomic mass is 9.93. The highest BCUT2D eigenvalue weighted by Crippen LogP contribution is 2.47. The van der Waals surface area contributed by atoms with Gasteiger partial charge in [0.15, 0.2) is 0 Å². The molecule has 2 nitrogen and oxygen atoms in total. The van der Waals surface area contributed by atoms with Crippen molar-refractivity contribution in [2.24, 2.45) is 0 Å². The topological polar surface area (TPSA) is 17.3 Å². The van der Waals surface area contributed by atoms with E-state index in [4.69, 9.17) is 4.98 Å². The molecule has 0 aliphatic heterocycles. The summed E-state index contributed by atoms with van der Waals surface area (Å²) < 4.78 is 2.42. The van der Waals surface area contributed by atoms with Crippen LogP contribution in [0.2, 0.25) is 0 Å². The second kappa shape index (κ2) is 6.17. The van der Waals surface area contributed by atoms with Gasteiger partial charge in [0.25, 0.3) is 0 Å². The Morgan fingerprint density at radius 3 is 1.91 bits per heavy atom. The number of pyridine rings is 1. The fraction of sp³-hybridized carbons (Fsp3) is 0.0606. The first-order chi connectivity index (χ1) is 17.4. The summed E-state index contributed by atoms with van der Waals surface area (Å²) >= 11 is 0. The van der Waals surface area contributed by atoms with Crippen LogP contribution in [0.15, 0.2) is 97.1 Å². The lowest BCUT2D eigenvalue weighted by molar-refractivity contribution is 1.25. The third-order valence-corrected chi connectivity index (χ3v) is 8.25. The average Bonchev–Trinajstić information content (AvgIpc) is 3.59. The minimum Gasteiger partial charge on any atom is -0.292 e. The predicted molar refractivity (Wildman–Crippen MR) is 144 cm³/mol. The molecular formula is C33H20N2. The molecule has 2 aliphatic rings. The SMILES string of the molecule is c1ccc2c(c1)Cc1c-2ccc2c1c1ccc3c(c1c1nc4ccccc4n21)Cc1ccccc1-3. The summed E-state index contributed by atoms with van der Waals surface area (Å²) in [6.45, 7) is 0. The van der Waals surface area contributed by atoms with Crippen molar-refractivity contribution < 1.29 is 0 Å². The highest BCUT2D eigenvalue weighted by atomic mass is 15.0. The fourth-order valence-corrected chi connectivity index (χ4v) is 6.80. The second-order valence-corrected chi connectivity index (χ2v) is 9.93. The van der Waals surface area contributed by atoms with Crippen molar-refractivity contribution in [3.05, 3.63) is 119 Å². The maximum absolute atomic E-state index is 5.23. The number of hydrogen-bond acceptors (Lipinski definition) is 1. The maximum atomic E-state index is 5.23. The summed E-state index contributed by atoms with van der Waals surface area (Å²) in [5.74, 6) is 0. The van der Waals surface area contributed by atoms with Gasteiger partial charge in [-0.05, 0) is 80.9 Å². The molecule has 2 heteroatoms. The number of nitrogens with zero attached hydrogens (tertiary/aromatic N) is 2. The van der Waals surface area contributed by atoms with E-state index in [9.17, 15) is 0 Å². The molecule has 0 bridgehead atoms. The third kappa shape index (κ3) is 2.14. The number of benzene rings is 5. The molecule has 7 aromatic rings. The fourth-order valence-electron chi connectivity index (χ4n) is 6.80. The zero-order valence-electron chi connectivity index (χ0n) is 19.0. The zero-order chi connectivity index (χ0) is 22.7. The van der Waals surface area contributed by atoms with E-state index in [-0.39, 0.29) is 0 Å². The molecular weight excluding hydrogens is 424 g/mol. The van der Waals surface area contributed by atoms with E-state index >= 15 is 0 Å². The van der Waals surface area contributed by atoms with E-state index in [2.05, 4.69) is 101 Å². The van der Waals surface area contributed by atoms with Crippen molar-refractivity contribution in [2.75, 3.05) is 0 Å². The molecule has 2 aromatic heterocycles. The standard InChI is InChI=1S/C33H20N2/c1-4-10-22-19(7-1)17-26-24(22)15-16-30-31(26)25-14-13-23-21-9-3-2-8-20(21)18-27(23)32(25)33-34-28-11-5-6-12-29(28)35(30)33/h1-16H,17-18H2. The zero-order valence-corrected chi connectivity index (χ0v) is 19.0. The Hall–Kier alpha value is -4.43. The van der Waals surface area contributed by atoms with Crippen molar-refractivity contribution in [2.45, 2.75) is 12.8 Å². The largest absolute Gasteiger partial charge is 0.292 e. The highest BCUT2D eigenvalue weighted by molar-refractivity contribution is 6.19. The molecule has 162 valence electrons. The van der Waals surface area contributed by atoms with E-state index in [0.29, 0.717) is 0 Å². The van der Waals surface area contributed by atoms with Crippen molar-refractivity contribution >= 4 is 38.4 Å². The molecule has 5 aromatic carbocycles. The summed E-state index contributed by atoms with van der Waals surface area (Å²) in [7, 11) is 0. The van der Waals surface area contributed by atoms with Gasteiger partial charge < -0.3 is 0 Å². The molecule has 35 heavy (non-hydrogen) atoms. The molecule has 0 saturated carbocycles. The monoisotopic (exact) mass is 444 g/mol. The number of para-hydroxylation sites is 2. The van der Waals surface area contributed by atoms with E-state index in [1.165, 1.54) is 71.7 Å². The minimum atomic E-state index is 0.961. The third-order valence-electron chi connectivity index (χ3n) is 8.25. The van der Waals surface area contributed by atoms with Crippen LogP contribution in [0.1, 0.15) is 22.3 Å². The first-order valence-electron chi connectivity index (χ1n) is 12.3. The van der Waals surface area contributed by atoms with Gasteiger partial charge in [0.1, 0.15) is 5.65 Å². The van der Waals surface area contributed by atoms with Gasteiger partial charge in [0, 0.05) is 10.8 Å². The smallest absolute Gasteiger partial charge is 0.146 e. The number of rotatable bonds is 0. The average molecular weight is 445 g/mol. The van der Waals surface area contributed by atoms with Gasteiger partial charge in [-0.25, -0.2) is 4.98 Å². The van der Waals surface area contributed by atoms with Crippen LogP contribution in [0, 0.1) is 0 Å². The minimum absolute atomic E-state index is 0.961. The van der Waals surface area contributed by atoms with Gasteiger partial charge >= 0.3 is 0 Å². The Balaban J connectivity index is 1.54. The van der Waals surface area contributed by atoms with Crippen molar-refractivity contribution in [3.63, 3.8) is 0 Å². The van der Waals surface area contributed by atoms with Gasteiger partial charge in [-0.1, -0.05) is 78.9 Å². The van der Waals surface area contributed by atoms with Gasteiger partial charge in [-0.15, -0.1) is 0 Å². The lowest BCUT2D eigenvalue weighted by Gasteiger charge is -2.15. The molecule has 0 spiro atoms. The van der Waals surface area contributed by atoms with Crippen LogP contribution in [0.3, 0.4) is 0 Å². The molecule has 0 N–H and O–H groups in total. The van der Waals surface area contributed by atoms with E-state index in [1.54, 1.807) is 0 Å². The van der Waals surface area contributed by atoms with Crippen LogP contribution < -0.4 is 0 Å². The summed E-state index contributed by atoms with van der Waals surface area (Å²) in [6.07, 6.45) is 1.94. The van der Waals surface area contributed by atoms with Crippen molar-refractivity contribution in [3.8, 4) is 22.3 Å². The molecule has 2 heterocycles. The number of hydrogen-bond donors (Lipinski definition) is 0. The quantitative estimate of drug-likeness (QED) is 0.217. The van der Waals surface area contributed by atoms with Crippen molar-refractivity contribution in [1.82, 2.24) is 9.38 Å². The van der Waals surface area contributed by atoms with E-state index < -0.39 is 0 Å². The lowest BCUT2D eigenvalue weighted by Crippen LogP contribution is -1.97. The van der Waals surface area contributed by atoms with Gasteiger partial charge in [0.2, 0.25) is 0 Å². The van der Waals surface area contributed by atoms with Crippen LogP contribution in [0.25, 0.3) is 60.6 Å². The number of fused-ring (bicyclic) bond motifs is 16. The molecule has 0 amide bonds. The predicted octanol–water partition coefficient (Wildman–Crippen LogP) is 7.94. The molecule has 2 aliphatic carbocycles. The summed E-state index contributed by atoms with van der Waals surface area (Å²) in [6, 6.07) is 35.7. The summed E-state index contributed by atoms with van der Waals surface area (Å²) in [5.41, 5.74) is 15.7. The molecule has 9 rings (SSSR count). The van der Waals surface area contributed by atoms with Crippen LogP contribution in [-0.2, 0) is 12.8 Å². The van der Waals surface area contributed by atoms with Crippen LogP contribution in [0.4, 0.5) is 0 Å². The van der Waals surface area contributed by atoms with Crippen LogP contribution >= 0.6 is 0 Å². The van der Waals surface area contributed by atoms with Gasteiger partial charge in [0.05, 0.1) is 16.6 Å². The molecule has 0 unspecified atom stereocenters.